The second-order valence-corrected chi connectivity index (χ2v) is 8.04. The van der Waals surface area contributed by atoms with Gasteiger partial charge in [-0.15, -0.1) is 0 Å². The van der Waals surface area contributed by atoms with E-state index in [2.05, 4.69) is 16.0 Å². The number of alkyl halides is 3. The molecule has 8 nitrogen and oxygen atoms in total. The van der Waals surface area contributed by atoms with Crippen molar-refractivity contribution in [2.45, 2.75) is 37.1 Å². The average Bonchev–Trinajstić information content (AvgIpc) is 3.17. The van der Waals surface area contributed by atoms with E-state index in [0.29, 0.717) is 0 Å². The Labute approximate surface area is 186 Å². The van der Waals surface area contributed by atoms with Gasteiger partial charge < -0.3 is 26.0 Å². The lowest BCUT2D eigenvalue weighted by molar-refractivity contribution is -0.147. The number of phenols is 1. The fourth-order valence-corrected chi connectivity index (χ4v) is 4.06. The maximum atomic E-state index is 12.9. The molecule has 4 amide bonds. The summed E-state index contributed by atoms with van der Waals surface area (Å²) in [5.74, 6) is -0.480. The number of nitrogens with one attached hydrogen (secondary N) is 3. The molecule has 2 aliphatic heterocycles. The van der Waals surface area contributed by atoms with Gasteiger partial charge in [-0.05, 0) is 48.4 Å². The molecule has 2 aliphatic rings. The van der Waals surface area contributed by atoms with Crippen LogP contribution in [0.15, 0.2) is 48.5 Å². The molecule has 0 aliphatic carbocycles. The molecule has 0 aromatic heterocycles. The minimum Gasteiger partial charge on any atom is -0.508 e. The number of hydrogen-bond acceptors (Lipinski definition) is 4. The van der Waals surface area contributed by atoms with E-state index in [4.69, 9.17) is 0 Å². The Bertz CT molecular complexity index is 1060. The van der Waals surface area contributed by atoms with E-state index < -0.39 is 35.9 Å². The number of anilines is 1. The summed E-state index contributed by atoms with van der Waals surface area (Å²) in [6.45, 7) is 0.142. The first-order valence-corrected chi connectivity index (χ1v) is 10.2. The van der Waals surface area contributed by atoms with Crippen molar-refractivity contribution in [1.82, 2.24) is 15.5 Å². The summed E-state index contributed by atoms with van der Waals surface area (Å²) in [6.07, 6.45) is -3.98. The van der Waals surface area contributed by atoms with Gasteiger partial charge >= 0.3 is 12.2 Å². The number of carbonyl (C=O) groups excluding carboxylic acids is 3. The van der Waals surface area contributed by atoms with Crippen molar-refractivity contribution in [1.29, 1.82) is 0 Å². The topological polar surface area (TPSA) is 111 Å². The molecular formula is C22H21F3N4O4. The molecule has 2 aromatic carbocycles. The van der Waals surface area contributed by atoms with Crippen molar-refractivity contribution in [2.24, 2.45) is 0 Å². The van der Waals surface area contributed by atoms with Crippen molar-refractivity contribution in [2.75, 3.05) is 11.9 Å². The van der Waals surface area contributed by atoms with E-state index in [1.807, 2.05) is 0 Å². The highest BCUT2D eigenvalue weighted by atomic mass is 19.4. The van der Waals surface area contributed by atoms with E-state index >= 15 is 0 Å². The van der Waals surface area contributed by atoms with Crippen molar-refractivity contribution in [3.63, 3.8) is 0 Å². The Kier molecular flexibility index (Phi) is 5.88. The van der Waals surface area contributed by atoms with Crippen LogP contribution in [0.3, 0.4) is 0 Å². The summed E-state index contributed by atoms with van der Waals surface area (Å²) in [7, 11) is 0. The Hall–Kier alpha value is -3.76. The number of urea groups is 1. The zero-order valence-corrected chi connectivity index (χ0v) is 17.2. The van der Waals surface area contributed by atoms with Gasteiger partial charge in [-0.3, -0.25) is 9.59 Å². The third-order valence-electron chi connectivity index (χ3n) is 5.68. The van der Waals surface area contributed by atoms with Gasteiger partial charge in [0.05, 0.1) is 11.6 Å². The van der Waals surface area contributed by atoms with Gasteiger partial charge in [0.15, 0.2) is 0 Å². The van der Waals surface area contributed by atoms with Crippen LogP contribution in [0, 0.1) is 0 Å². The normalized spacial score (nSPS) is 22.5. The molecule has 0 saturated carbocycles. The van der Waals surface area contributed by atoms with Crippen LogP contribution in [0.4, 0.5) is 23.7 Å². The van der Waals surface area contributed by atoms with Gasteiger partial charge in [-0.2, -0.15) is 13.2 Å². The number of benzene rings is 2. The molecule has 0 bridgehead atoms. The molecule has 0 radical (unpaired) electrons. The van der Waals surface area contributed by atoms with Gasteiger partial charge in [0.25, 0.3) is 0 Å². The molecule has 4 rings (SSSR count). The van der Waals surface area contributed by atoms with Crippen LogP contribution in [-0.4, -0.2) is 52.5 Å². The molecule has 0 unspecified atom stereocenters. The molecule has 33 heavy (non-hydrogen) atoms. The van der Waals surface area contributed by atoms with Gasteiger partial charge in [0.2, 0.25) is 11.8 Å². The van der Waals surface area contributed by atoms with Crippen LogP contribution in [0.1, 0.15) is 17.5 Å². The predicted octanol–water partition coefficient (Wildman–Crippen LogP) is 2.24. The SMILES string of the molecule is O=C(Nc1ccc(C(F)(F)F)cc1)N[C@H]1C[C@H]2C(=O)N[C@H](Cc3ccc(O)cc3)C(=O)N2C1. The number of nitrogens with zero attached hydrogens (tertiary/aromatic N) is 1. The zero-order valence-electron chi connectivity index (χ0n) is 17.2. The molecule has 0 spiro atoms. The Morgan fingerprint density at radius 2 is 1.76 bits per heavy atom. The number of fused-ring (bicyclic) bond motifs is 1. The van der Waals surface area contributed by atoms with Gasteiger partial charge in [-0.1, -0.05) is 12.1 Å². The van der Waals surface area contributed by atoms with E-state index in [0.717, 1.165) is 29.8 Å². The quantitative estimate of drug-likeness (QED) is 0.559. The molecule has 2 aromatic rings. The number of hydrogen-bond donors (Lipinski definition) is 4. The highest BCUT2D eigenvalue weighted by Gasteiger charge is 2.46. The first-order valence-electron chi connectivity index (χ1n) is 10.2. The maximum Gasteiger partial charge on any atom is 0.416 e. The first kappa shape index (κ1) is 22.4. The highest BCUT2D eigenvalue weighted by molar-refractivity contribution is 5.98. The number of aromatic hydroxyl groups is 1. The maximum absolute atomic E-state index is 12.9. The van der Waals surface area contributed by atoms with Crippen molar-refractivity contribution in [3.8, 4) is 5.75 Å². The predicted molar refractivity (Wildman–Crippen MR) is 111 cm³/mol. The number of rotatable bonds is 4. The van der Waals surface area contributed by atoms with E-state index in [-0.39, 0.29) is 42.6 Å². The van der Waals surface area contributed by atoms with Crippen molar-refractivity contribution >= 4 is 23.5 Å². The first-order chi connectivity index (χ1) is 15.6. The molecule has 2 saturated heterocycles. The van der Waals surface area contributed by atoms with Crippen LogP contribution < -0.4 is 16.0 Å². The number of piperazine rings is 1. The lowest BCUT2D eigenvalue weighted by atomic mass is 10.0. The highest BCUT2D eigenvalue weighted by Crippen LogP contribution is 2.30. The van der Waals surface area contributed by atoms with E-state index in [1.165, 1.54) is 17.0 Å². The molecule has 2 fully saturated rings. The van der Waals surface area contributed by atoms with E-state index in [1.54, 1.807) is 12.1 Å². The third kappa shape index (κ3) is 5.02. The van der Waals surface area contributed by atoms with Crippen molar-refractivity contribution in [3.05, 3.63) is 59.7 Å². The molecule has 2 heterocycles. The number of carbonyl (C=O) groups is 3. The summed E-state index contributed by atoms with van der Waals surface area (Å²) < 4.78 is 38.0. The standard InChI is InChI=1S/C22H21F3N4O4/c23-22(24,25)13-3-5-14(6-4-13)26-21(33)27-15-10-18-19(31)28-17(20(32)29(18)11-15)9-12-1-7-16(30)8-2-12/h1-8,15,17-18,30H,9-11H2,(H,28,31)(H2,26,27,33)/t15-,17+,18-/m0/s1. The smallest absolute Gasteiger partial charge is 0.416 e. The second-order valence-electron chi connectivity index (χ2n) is 8.04. The summed E-state index contributed by atoms with van der Waals surface area (Å²) >= 11 is 0. The van der Waals surface area contributed by atoms with Crippen LogP contribution in [0.2, 0.25) is 0 Å². The molecule has 174 valence electrons. The van der Waals surface area contributed by atoms with Gasteiger partial charge in [0, 0.05) is 18.7 Å². The Morgan fingerprint density at radius 3 is 2.39 bits per heavy atom. The summed E-state index contributed by atoms with van der Waals surface area (Å²) in [5, 5.41) is 17.2. The molecule has 4 N–H and O–H groups in total. The lowest BCUT2D eigenvalue weighted by Gasteiger charge is -2.34. The largest absolute Gasteiger partial charge is 0.508 e. The minimum absolute atomic E-state index is 0.0980. The lowest BCUT2D eigenvalue weighted by Crippen LogP contribution is -2.61. The number of phenolic OH excluding ortho intramolecular Hbond substituents is 1. The fraction of sp³-hybridized carbons (Fsp3) is 0.318. The summed E-state index contributed by atoms with van der Waals surface area (Å²) in [5.41, 5.74) is 0.126. The van der Waals surface area contributed by atoms with Crippen LogP contribution >= 0.6 is 0 Å². The van der Waals surface area contributed by atoms with Gasteiger partial charge in [0.1, 0.15) is 17.8 Å². The Morgan fingerprint density at radius 1 is 1.09 bits per heavy atom. The van der Waals surface area contributed by atoms with Crippen LogP contribution in [0.5, 0.6) is 5.75 Å². The monoisotopic (exact) mass is 462 g/mol. The average molecular weight is 462 g/mol. The third-order valence-corrected chi connectivity index (χ3v) is 5.68. The number of amides is 4. The zero-order chi connectivity index (χ0) is 23.8. The molecule has 3 atom stereocenters. The fourth-order valence-electron chi connectivity index (χ4n) is 4.06. The number of halogens is 3. The van der Waals surface area contributed by atoms with Crippen molar-refractivity contribution < 1.29 is 32.7 Å². The van der Waals surface area contributed by atoms with Gasteiger partial charge in [-0.25, -0.2) is 4.79 Å². The minimum atomic E-state index is -4.47. The summed E-state index contributed by atoms with van der Waals surface area (Å²) in [4.78, 5) is 39.2. The second kappa shape index (κ2) is 8.64. The Balaban J connectivity index is 1.34. The molecular weight excluding hydrogens is 441 g/mol. The molecule has 11 heteroatoms. The summed E-state index contributed by atoms with van der Waals surface area (Å²) in [6, 6.07) is 7.75. The van der Waals surface area contributed by atoms with E-state index in [9.17, 15) is 32.7 Å². The van der Waals surface area contributed by atoms with Crippen LogP contribution in [0.25, 0.3) is 0 Å². The van der Waals surface area contributed by atoms with Crippen LogP contribution in [-0.2, 0) is 22.2 Å².